The highest BCUT2D eigenvalue weighted by Crippen LogP contribution is 2.34. The third-order valence-corrected chi connectivity index (χ3v) is 5.47. The number of hydrogen-bond donors (Lipinski definition) is 0. The first-order valence-electron chi connectivity index (χ1n) is 9.19. The molecule has 2 aromatic carbocycles. The summed E-state index contributed by atoms with van der Waals surface area (Å²) in [5.41, 5.74) is 7.56. The van der Waals surface area contributed by atoms with Gasteiger partial charge < -0.3 is 0 Å². The van der Waals surface area contributed by atoms with Crippen LogP contribution >= 0.6 is 0 Å². The fraction of sp³-hybridized carbons (Fsp3) is 0.348. The monoisotopic (exact) mass is 315 g/mol. The van der Waals surface area contributed by atoms with E-state index in [1.165, 1.54) is 59.7 Å². The van der Waals surface area contributed by atoms with Crippen LogP contribution in [0.1, 0.15) is 54.8 Å². The van der Waals surface area contributed by atoms with Crippen LogP contribution in [0.25, 0.3) is 22.0 Å². The molecule has 24 heavy (non-hydrogen) atoms. The standard InChI is InChI=1S/C23H25N/c1-16-14-17(2)24-23-15-21(12-13-22(16)23)20-10-8-19(9-11-20)18-6-4-3-5-7-18/h8-15,18H,3-7H2,1-2H3. The molecule has 1 aliphatic carbocycles. The van der Waals surface area contributed by atoms with Gasteiger partial charge in [-0.1, -0.05) is 55.7 Å². The smallest absolute Gasteiger partial charge is 0.0714 e. The minimum atomic E-state index is 0.774. The van der Waals surface area contributed by atoms with Crippen molar-refractivity contribution in [2.24, 2.45) is 0 Å². The zero-order chi connectivity index (χ0) is 16.5. The van der Waals surface area contributed by atoms with Crippen LogP contribution in [0.4, 0.5) is 0 Å². The Kier molecular flexibility index (Phi) is 4.10. The zero-order valence-corrected chi connectivity index (χ0v) is 14.7. The van der Waals surface area contributed by atoms with Crippen molar-refractivity contribution in [1.29, 1.82) is 0 Å². The van der Waals surface area contributed by atoms with Gasteiger partial charge in [0.15, 0.2) is 0 Å². The van der Waals surface area contributed by atoms with Crippen molar-refractivity contribution in [2.75, 3.05) is 0 Å². The van der Waals surface area contributed by atoms with Gasteiger partial charge in [0.1, 0.15) is 0 Å². The lowest BCUT2D eigenvalue weighted by Crippen LogP contribution is -2.04. The van der Waals surface area contributed by atoms with Crippen LogP contribution < -0.4 is 0 Å². The first-order valence-corrected chi connectivity index (χ1v) is 9.19. The van der Waals surface area contributed by atoms with E-state index in [0.29, 0.717) is 0 Å². The maximum absolute atomic E-state index is 4.71. The second kappa shape index (κ2) is 6.39. The van der Waals surface area contributed by atoms with Crippen LogP contribution in [0.5, 0.6) is 0 Å². The van der Waals surface area contributed by atoms with Gasteiger partial charge in [-0.25, -0.2) is 0 Å². The third-order valence-electron chi connectivity index (χ3n) is 5.47. The number of nitrogens with zero attached hydrogens (tertiary/aromatic N) is 1. The van der Waals surface area contributed by atoms with Gasteiger partial charge in [0.25, 0.3) is 0 Å². The van der Waals surface area contributed by atoms with Crippen LogP contribution in [0.15, 0.2) is 48.5 Å². The second-order valence-electron chi connectivity index (χ2n) is 7.27. The summed E-state index contributed by atoms with van der Waals surface area (Å²) in [6, 6.07) is 18.1. The quantitative estimate of drug-likeness (QED) is 0.521. The maximum Gasteiger partial charge on any atom is 0.0714 e. The summed E-state index contributed by atoms with van der Waals surface area (Å²) in [6.45, 7) is 4.23. The van der Waals surface area contributed by atoms with Crippen molar-refractivity contribution >= 4 is 10.9 Å². The van der Waals surface area contributed by atoms with Crippen molar-refractivity contribution in [2.45, 2.75) is 51.9 Å². The number of benzene rings is 2. The highest BCUT2D eigenvalue weighted by molar-refractivity contribution is 5.86. The van der Waals surface area contributed by atoms with Crippen LogP contribution in [0.3, 0.4) is 0 Å². The summed E-state index contributed by atoms with van der Waals surface area (Å²) in [4.78, 5) is 4.71. The van der Waals surface area contributed by atoms with E-state index in [4.69, 9.17) is 4.98 Å². The van der Waals surface area contributed by atoms with Gasteiger partial charge in [-0.2, -0.15) is 0 Å². The van der Waals surface area contributed by atoms with Gasteiger partial charge in [0.05, 0.1) is 5.52 Å². The molecule has 0 aliphatic heterocycles. The highest BCUT2D eigenvalue weighted by atomic mass is 14.7. The van der Waals surface area contributed by atoms with Crippen molar-refractivity contribution in [3.05, 3.63) is 65.4 Å². The average Bonchev–Trinajstić information content (AvgIpc) is 2.62. The molecule has 0 atom stereocenters. The predicted molar refractivity (Wildman–Crippen MR) is 102 cm³/mol. The molecule has 1 aliphatic rings. The van der Waals surface area contributed by atoms with Crippen LogP contribution in [-0.2, 0) is 0 Å². The average molecular weight is 315 g/mol. The Hall–Kier alpha value is -2.15. The number of fused-ring (bicyclic) bond motifs is 1. The number of rotatable bonds is 2. The van der Waals surface area contributed by atoms with E-state index in [1.807, 2.05) is 0 Å². The lowest BCUT2D eigenvalue weighted by atomic mass is 9.83. The fourth-order valence-electron chi connectivity index (χ4n) is 4.13. The topological polar surface area (TPSA) is 12.9 Å². The molecule has 1 nitrogen and oxygen atoms in total. The van der Waals surface area contributed by atoms with E-state index in [0.717, 1.165) is 17.1 Å². The molecular formula is C23H25N. The molecule has 0 amide bonds. The minimum Gasteiger partial charge on any atom is -0.253 e. The van der Waals surface area contributed by atoms with Crippen LogP contribution in [0, 0.1) is 13.8 Å². The second-order valence-corrected chi connectivity index (χ2v) is 7.27. The SMILES string of the molecule is Cc1cc(C)c2ccc(-c3ccc(C4CCCCC4)cc3)cc2n1. The molecule has 0 unspecified atom stereocenters. The van der Waals surface area contributed by atoms with E-state index >= 15 is 0 Å². The molecule has 3 aromatic rings. The van der Waals surface area contributed by atoms with Gasteiger partial charge in [0, 0.05) is 11.1 Å². The number of aromatic nitrogens is 1. The van der Waals surface area contributed by atoms with E-state index in [2.05, 4.69) is 62.4 Å². The largest absolute Gasteiger partial charge is 0.253 e. The van der Waals surface area contributed by atoms with Gasteiger partial charge in [-0.05, 0) is 67.0 Å². The Morgan fingerprint density at radius 1 is 0.792 bits per heavy atom. The van der Waals surface area contributed by atoms with Gasteiger partial charge in [-0.15, -0.1) is 0 Å². The van der Waals surface area contributed by atoms with Crippen molar-refractivity contribution in [3.8, 4) is 11.1 Å². The van der Waals surface area contributed by atoms with Gasteiger partial charge in [0.2, 0.25) is 0 Å². The summed E-state index contributed by atoms with van der Waals surface area (Å²) in [7, 11) is 0. The van der Waals surface area contributed by atoms with Crippen molar-refractivity contribution in [1.82, 2.24) is 4.98 Å². The molecule has 0 saturated heterocycles. The van der Waals surface area contributed by atoms with E-state index in [9.17, 15) is 0 Å². The summed E-state index contributed by atoms with van der Waals surface area (Å²) >= 11 is 0. The minimum absolute atomic E-state index is 0.774. The first kappa shape index (κ1) is 15.4. The number of hydrogen-bond acceptors (Lipinski definition) is 1. The summed E-state index contributed by atoms with van der Waals surface area (Å²) in [6.07, 6.45) is 6.91. The molecule has 1 aromatic heterocycles. The van der Waals surface area contributed by atoms with E-state index in [-0.39, 0.29) is 0 Å². The fourth-order valence-corrected chi connectivity index (χ4v) is 4.13. The number of pyridine rings is 1. The van der Waals surface area contributed by atoms with E-state index < -0.39 is 0 Å². The summed E-state index contributed by atoms with van der Waals surface area (Å²) in [5.74, 6) is 0.774. The third kappa shape index (κ3) is 2.96. The molecule has 1 fully saturated rings. The van der Waals surface area contributed by atoms with Crippen LogP contribution in [0.2, 0.25) is 0 Å². The Bertz CT molecular complexity index is 855. The first-order chi connectivity index (χ1) is 11.7. The molecule has 1 heteroatoms. The lowest BCUT2D eigenvalue weighted by molar-refractivity contribution is 0.443. The molecule has 0 bridgehead atoms. The maximum atomic E-state index is 4.71. The Morgan fingerprint density at radius 2 is 1.50 bits per heavy atom. The molecule has 4 rings (SSSR count). The van der Waals surface area contributed by atoms with E-state index in [1.54, 1.807) is 0 Å². The normalized spacial score (nSPS) is 15.8. The van der Waals surface area contributed by atoms with Crippen molar-refractivity contribution in [3.63, 3.8) is 0 Å². The Balaban J connectivity index is 1.66. The van der Waals surface area contributed by atoms with Crippen molar-refractivity contribution < 1.29 is 0 Å². The Morgan fingerprint density at radius 3 is 2.25 bits per heavy atom. The highest BCUT2D eigenvalue weighted by Gasteiger charge is 2.15. The zero-order valence-electron chi connectivity index (χ0n) is 14.7. The molecule has 1 heterocycles. The van der Waals surface area contributed by atoms with Crippen LogP contribution in [-0.4, -0.2) is 4.98 Å². The lowest BCUT2D eigenvalue weighted by Gasteiger charge is -2.22. The molecule has 1 saturated carbocycles. The molecular weight excluding hydrogens is 290 g/mol. The molecule has 122 valence electrons. The summed E-state index contributed by atoms with van der Waals surface area (Å²) < 4.78 is 0. The molecule has 0 radical (unpaired) electrons. The van der Waals surface area contributed by atoms with Gasteiger partial charge in [-0.3, -0.25) is 4.98 Å². The number of aryl methyl sites for hydroxylation is 2. The predicted octanol–water partition coefficient (Wildman–Crippen LogP) is 6.57. The van der Waals surface area contributed by atoms with Gasteiger partial charge >= 0.3 is 0 Å². The molecule has 0 spiro atoms. The Labute approximate surface area is 144 Å². The summed E-state index contributed by atoms with van der Waals surface area (Å²) in [5, 5.41) is 1.25. The molecule has 0 N–H and O–H groups in total.